The number of ether oxygens (including phenoxy) is 1. The molecule has 2 aromatic rings. The Morgan fingerprint density at radius 3 is 2.52 bits per heavy atom. The maximum atomic E-state index is 11.4. The molecule has 2 rings (SSSR count). The first-order valence-electron chi connectivity index (χ1n) is 6.59. The lowest BCUT2D eigenvalue weighted by Gasteiger charge is -2.15. The average Bonchev–Trinajstić information content (AvgIpc) is 2.96. The molecule has 0 saturated carbocycles. The van der Waals surface area contributed by atoms with E-state index >= 15 is 0 Å². The molecule has 1 N–H and O–H groups in total. The van der Waals surface area contributed by atoms with Gasteiger partial charge in [0.1, 0.15) is 5.76 Å². The molecule has 1 aromatic heterocycles. The van der Waals surface area contributed by atoms with Crippen LogP contribution in [0.25, 0.3) is 0 Å². The van der Waals surface area contributed by atoms with Gasteiger partial charge < -0.3 is 14.5 Å². The highest BCUT2D eigenvalue weighted by atomic mass is 16.5. The molecule has 1 atom stereocenters. The molecule has 21 heavy (non-hydrogen) atoms. The molecular weight excluding hydrogens is 270 g/mol. The molecule has 0 saturated heterocycles. The number of hydrogen-bond acceptors (Lipinski definition) is 4. The van der Waals surface area contributed by atoms with Crippen molar-refractivity contribution in [1.82, 2.24) is 5.32 Å². The third kappa shape index (κ3) is 3.95. The molecule has 1 heterocycles. The molecule has 0 bridgehead atoms. The summed E-state index contributed by atoms with van der Waals surface area (Å²) in [6.07, 6.45) is 0.578. The van der Waals surface area contributed by atoms with Crippen LogP contribution in [0.2, 0.25) is 0 Å². The number of amides is 1. The van der Waals surface area contributed by atoms with Gasteiger partial charge in [-0.25, -0.2) is 4.79 Å². The lowest BCUT2D eigenvalue weighted by Crippen LogP contribution is -2.27. The minimum Gasteiger partial charge on any atom is -0.463 e. The Bertz CT molecular complexity index is 618. The summed E-state index contributed by atoms with van der Waals surface area (Å²) in [6, 6.07) is 12.6. The van der Waals surface area contributed by atoms with Crippen LogP contribution in [0, 0.1) is 0 Å². The molecule has 1 amide bonds. The van der Waals surface area contributed by atoms with Crippen LogP contribution >= 0.6 is 0 Å². The van der Waals surface area contributed by atoms with Gasteiger partial charge in [0, 0.05) is 6.92 Å². The Labute approximate surface area is 122 Å². The van der Waals surface area contributed by atoms with E-state index in [2.05, 4.69) is 10.1 Å². The zero-order valence-electron chi connectivity index (χ0n) is 12.0. The van der Waals surface area contributed by atoms with Crippen molar-refractivity contribution < 1.29 is 18.7 Å². The quantitative estimate of drug-likeness (QED) is 0.858. The van der Waals surface area contributed by atoms with Gasteiger partial charge in [0.2, 0.25) is 11.7 Å². The van der Waals surface area contributed by atoms with Crippen molar-refractivity contribution in [1.29, 1.82) is 0 Å². The second-order valence-electron chi connectivity index (χ2n) is 4.64. The second-order valence-corrected chi connectivity index (χ2v) is 4.64. The molecule has 0 radical (unpaired) electrons. The molecule has 5 nitrogen and oxygen atoms in total. The summed E-state index contributed by atoms with van der Waals surface area (Å²) in [6.45, 7) is 1.45. The molecule has 1 aromatic carbocycles. The van der Waals surface area contributed by atoms with E-state index in [1.165, 1.54) is 14.0 Å². The van der Waals surface area contributed by atoms with Gasteiger partial charge in [0.05, 0.1) is 13.2 Å². The first kappa shape index (κ1) is 14.8. The number of carbonyl (C=O) groups is 2. The normalized spacial score (nSPS) is 11.7. The fourth-order valence-corrected chi connectivity index (χ4v) is 2.07. The summed E-state index contributed by atoms with van der Waals surface area (Å²) in [5, 5.41) is 2.83. The minimum atomic E-state index is -0.539. The first-order valence-corrected chi connectivity index (χ1v) is 6.59. The van der Waals surface area contributed by atoms with Crippen molar-refractivity contribution in [2.75, 3.05) is 7.11 Å². The topological polar surface area (TPSA) is 68.5 Å². The summed E-state index contributed by atoms with van der Waals surface area (Å²) < 4.78 is 10.1. The first-order chi connectivity index (χ1) is 10.1. The Balaban J connectivity index is 2.21. The van der Waals surface area contributed by atoms with Crippen molar-refractivity contribution in [3.8, 4) is 0 Å². The standard InChI is InChI=1S/C16H17NO4/c1-11(18)17-13(10-12-6-4-3-5-7-12)14-8-9-15(21-14)16(19)20-2/h3-9,13H,10H2,1-2H3,(H,17,18). The number of nitrogens with one attached hydrogen (secondary N) is 1. The fraction of sp³-hybridized carbons (Fsp3) is 0.250. The van der Waals surface area contributed by atoms with Crippen molar-refractivity contribution >= 4 is 11.9 Å². The monoisotopic (exact) mass is 287 g/mol. The van der Waals surface area contributed by atoms with Crippen molar-refractivity contribution in [2.45, 2.75) is 19.4 Å². The smallest absolute Gasteiger partial charge is 0.373 e. The molecule has 5 heteroatoms. The van der Waals surface area contributed by atoms with Gasteiger partial charge in [-0.2, -0.15) is 0 Å². The zero-order valence-corrected chi connectivity index (χ0v) is 12.0. The van der Waals surface area contributed by atoms with Gasteiger partial charge >= 0.3 is 5.97 Å². The zero-order chi connectivity index (χ0) is 15.2. The molecular formula is C16H17NO4. The number of furan rings is 1. The molecule has 0 fully saturated rings. The maximum Gasteiger partial charge on any atom is 0.373 e. The predicted octanol–water partition coefficient (Wildman–Crippen LogP) is 2.49. The lowest BCUT2D eigenvalue weighted by atomic mass is 10.0. The van der Waals surface area contributed by atoms with Crippen LogP contribution in [0.3, 0.4) is 0 Å². The Hall–Kier alpha value is -2.56. The molecule has 0 aliphatic heterocycles. The third-order valence-corrected chi connectivity index (χ3v) is 3.02. The Morgan fingerprint density at radius 1 is 1.19 bits per heavy atom. The highest BCUT2D eigenvalue weighted by molar-refractivity contribution is 5.86. The number of esters is 1. The number of rotatable bonds is 5. The number of benzene rings is 1. The SMILES string of the molecule is COC(=O)c1ccc(C(Cc2ccccc2)NC(C)=O)o1. The number of hydrogen-bond donors (Lipinski definition) is 1. The van der Waals surface area contributed by atoms with Crippen LogP contribution in [-0.2, 0) is 16.0 Å². The van der Waals surface area contributed by atoms with Gasteiger partial charge in [0.25, 0.3) is 0 Å². The van der Waals surface area contributed by atoms with Crippen LogP contribution in [0.1, 0.15) is 34.8 Å². The van der Waals surface area contributed by atoms with Crippen LogP contribution in [-0.4, -0.2) is 19.0 Å². The van der Waals surface area contributed by atoms with Gasteiger partial charge in [-0.05, 0) is 24.1 Å². The van der Waals surface area contributed by atoms with Crippen LogP contribution in [0.5, 0.6) is 0 Å². The van der Waals surface area contributed by atoms with Crippen LogP contribution < -0.4 is 5.32 Å². The number of carbonyl (C=O) groups excluding carboxylic acids is 2. The van der Waals surface area contributed by atoms with E-state index in [0.29, 0.717) is 12.2 Å². The summed E-state index contributed by atoms with van der Waals surface area (Å²) in [4.78, 5) is 22.8. The molecule has 110 valence electrons. The highest BCUT2D eigenvalue weighted by Crippen LogP contribution is 2.21. The minimum absolute atomic E-state index is 0.121. The van der Waals surface area contributed by atoms with E-state index in [9.17, 15) is 9.59 Å². The third-order valence-electron chi connectivity index (χ3n) is 3.02. The Morgan fingerprint density at radius 2 is 1.90 bits per heavy atom. The molecule has 0 aliphatic rings. The van der Waals surface area contributed by atoms with Gasteiger partial charge in [-0.15, -0.1) is 0 Å². The maximum absolute atomic E-state index is 11.4. The average molecular weight is 287 g/mol. The highest BCUT2D eigenvalue weighted by Gasteiger charge is 2.20. The molecule has 0 aliphatic carbocycles. The molecule has 1 unspecified atom stereocenters. The lowest BCUT2D eigenvalue weighted by molar-refractivity contribution is -0.119. The van der Waals surface area contributed by atoms with Crippen molar-refractivity contribution in [3.05, 3.63) is 59.5 Å². The summed E-state index contributed by atoms with van der Waals surface area (Å²) in [7, 11) is 1.29. The largest absolute Gasteiger partial charge is 0.463 e. The Kier molecular flexibility index (Phi) is 4.77. The van der Waals surface area contributed by atoms with Gasteiger partial charge in [-0.1, -0.05) is 30.3 Å². The van der Waals surface area contributed by atoms with Crippen molar-refractivity contribution in [3.63, 3.8) is 0 Å². The predicted molar refractivity (Wildman–Crippen MR) is 76.8 cm³/mol. The van der Waals surface area contributed by atoms with Crippen LogP contribution in [0.15, 0.2) is 46.9 Å². The summed E-state index contributed by atoms with van der Waals surface area (Å²) >= 11 is 0. The van der Waals surface area contributed by atoms with E-state index in [0.717, 1.165) is 5.56 Å². The van der Waals surface area contributed by atoms with E-state index in [-0.39, 0.29) is 17.7 Å². The van der Waals surface area contributed by atoms with E-state index in [4.69, 9.17) is 4.42 Å². The van der Waals surface area contributed by atoms with E-state index in [1.54, 1.807) is 12.1 Å². The van der Waals surface area contributed by atoms with Crippen molar-refractivity contribution in [2.24, 2.45) is 0 Å². The summed E-state index contributed by atoms with van der Waals surface area (Å²) in [5.41, 5.74) is 1.06. The fourth-order valence-electron chi connectivity index (χ4n) is 2.07. The molecule has 0 spiro atoms. The van der Waals surface area contributed by atoms with Crippen LogP contribution in [0.4, 0.5) is 0 Å². The second kappa shape index (κ2) is 6.74. The number of methoxy groups -OCH3 is 1. The van der Waals surface area contributed by atoms with E-state index in [1.807, 2.05) is 30.3 Å². The van der Waals surface area contributed by atoms with E-state index < -0.39 is 5.97 Å². The summed E-state index contributed by atoms with van der Waals surface area (Å²) in [5.74, 6) is -0.0557. The van der Waals surface area contributed by atoms with Gasteiger partial charge in [-0.3, -0.25) is 4.79 Å². The van der Waals surface area contributed by atoms with Gasteiger partial charge in [0.15, 0.2) is 0 Å².